The second kappa shape index (κ2) is 29.9. The van der Waals surface area contributed by atoms with Gasteiger partial charge in [0.2, 0.25) is 0 Å². The van der Waals surface area contributed by atoms with Gasteiger partial charge in [-0.3, -0.25) is 4.79 Å². The van der Waals surface area contributed by atoms with Crippen molar-refractivity contribution in [1.29, 1.82) is 0 Å². The molecule has 1 atom stereocenters. The molecular weight excluding hydrogens is 462 g/mol. The molecular formula is C32H65NO4. The Morgan fingerprint density at radius 3 is 1.65 bits per heavy atom. The fourth-order valence-corrected chi connectivity index (χ4v) is 5.02. The van der Waals surface area contributed by atoms with Gasteiger partial charge in [-0.25, -0.2) is 0 Å². The van der Waals surface area contributed by atoms with E-state index in [-0.39, 0.29) is 18.5 Å². The lowest BCUT2D eigenvalue weighted by molar-refractivity contribution is -0.149. The molecule has 0 amide bonds. The number of esters is 1. The minimum absolute atomic E-state index is 0.0609. The highest BCUT2D eigenvalue weighted by molar-refractivity contribution is 5.72. The molecule has 0 saturated carbocycles. The van der Waals surface area contributed by atoms with Crippen LogP contribution in [0.5, 0.6) is 0 Å². The quantitative estimate of drug-likeness (QED) is 0.0751. The fourth-order valence-electron chi connectivity index (χ4n) is 5.02. The molecule has 5 nitrogen and oxygen atoms in total. The number of rotatable bonds is 30. The third kappa shape index (κ3) is 25.4. The number of carbonyl (C=O) groups is 1. The number of methoxy groups -OCH3 is 1. The first-order valence-electron chi connectivity index (χ1n) is 16.2. The molecule has 0 aromatic heterocycles. The molecule has 0 bridgehead atoms. The molecule has 0 saturated heterocycles. The SMILES string of the molecule is CCCCCCCCC(CCCCCC)C(=O)OCCCCCCN(CCCO)CCCCCCOC. The zero-order chi connectivity index (χ0) is 27.2. The van der Waals surface area contributed by atoms with Crippen molar-refractivity contribution in [2.45, 2.75) is 149 Å². The van der Waals surface area contributed by atoms with E-state index in [1.54, 1.807) is 7.11 Å². The second-order valence-electron chi connectivity index (χ2n) is 11.0. The van der Waals surface area contributed by atoms with Crippen LogP contribution in [0.1, 0.15) is 149 Å². The molecule has 0 rings (SSSR count). The first kappa shape index (κ1) is 36.4. The van der Waals surface area contributed by atoms with Crippen LogP contribution >= 0.6 is 0 Å². The number of aliphatic hydroxyl groups excluding tert-OH is 1. The molecule has 0 aliphatic heterocycles. The van der Waals surface area contributed by atoms with Gasteiger partial charge >= 0.3 is 5.97 Å². The Kier molecular flexibility index (Phi) is 29.4. The Labute approximate surface area is 231 Å². The van der Waals surface area contributed by atoms with Crippen molar-refractivity contribution in [3.8, 4) is 0 Å². The summed E-state index contributed by atoms with van der Waals surface area (Å²) in [7, 11) is 1.77. The van der Waals surface area contributed by atoms with Crippen LogP contribution in [-0.4, -0.2) is 62.5 Å². The van der Waals surface area contributed by atoms with Crippen molar-refractivity contribution in [2.24, 2.45) is 5.92 Å². The minimum atomic E-state index is 0.0609. The van der Waals surface area contributed by atoms with E-state index in [1.807, 2.05) is 0 Å². The van der Waals surface area contributed by atoms with Gasteiger partial charge in [0.1, 0.15) is 0 Å². The Morgan fingerprint density at radius 1 is 0.622 bits per heavy atom. The van der Waals surface area contributed by atoms with Gasteiger partial charge in [0.15, 0.2) is 0 Å². The molecule has 0 aliphatic carbocycles. The Bertz CT molecular complexity index is 460. The number of carbonyl (C=O) groups excluding carboxylic acids is 1. The van der Waals surface area contributed by atoms with E-state index in [9.17, 15) is 9.90 Å². The van der Waals surface area contributed by atoms with Gasteiger partial charge in [-0.2, -0.15) is 0 Å². The van der Waals surface area contributed by atoms with E-state index in [1.165, 1.54) is 83.5 Å². The molecule has 0 aliphatic rings. The summed E-state index contributed by atoms with van der Waals surface area (Å²) in [5.74, 6) is 0.170. The molecule has 222 valence electrons. The monoisotopic (exact) mass is 527 g/mol. The maximum atomic E-state index is 12.8. The van der Waals surface area contributed by atoms with Crippen LogP contribution < -0.4 is 0 Å². The van der Waals surface area contributed by atoms with Crippen LogP contribution in [0.4, 0.5) is 0 Å². The lowest BCUT2D eigenvalue weighted by atomic mass is 9.94. The third-order valence-electron chi connectivity index (χ3n) is 7.46. The molecule has 0 heterocycles. The predicted molar refractivity (Wildman–Crippen MR) is 158 cm³/mol. The molecule has 0 spiro atoms. The van der Waals surface area contributed by atoms with E-state index in [0.717, 1.165) is 77.6 Å². The Hall–Kier alpha value is -0.650. The van der Waals surface area contributed by atoms with Crippen molar-refractivity contribution in [3.63, 3.8) is 0 Å². The maximum Gasteiger partial charge on any atom is 0.308 e. The van der Waals surface area contributed by atoms with Crippen molar-refractivity contribution >= 4 is 5.97 Å². The average molecular weight is 528 g/mol. The summed E-state index contributed by atoms with van der Waals surface area (Å²) in [6.07, 6.45) is 24.7. The van der Waals surface area contributed by atoms with Crippen LogP contribution in [-0.2, 0) is 14.3 Å². The zero-order valence-corrected chi connectivity index (χ0v) is 25.3. The maximum absolute atomic E-state index is 12.8. The van der Waals surface area contributed by atoms with Gasteiger partial charge < -0.3 is 19.5 Å². The molecule has 0 aromatic carbocycles. The van der Waals surface area contributed by atoms with Crippen molar-refractivity contribution in [1.82, 2.24) is 4.90 Å². The van der Waals surface area contributed by atoms with E-state index in [0.29, 0.717) is 6.61 Å². The molecule has 1 N–H and O–H groups in total. The Balaban J connectivity index is 4.08. The normalized spacial score (nSPS) is 12.4. The van der Waals surface area contributed by atoms with Crippen LogP contribution in [0, 0.1) is 5.92 Å². The number of aliphatic hydroxyl groups is 1. The fraction of sp³-hybridized carbons (Fsp3) is 0.969. The summed E-state index contributed by atoms with van der Waals surface area (Å²) in [5.41, 5.74) is 0. The van der Waals surface area contributed by atoms with Crippen molar-refractivity contribution in [2.75, 3.05) is 46.6 Å². The first-order chi connectivity index (χ1) is 18.2. The number of ether oxygens (including phenoxy) is 2. The van der Waals surface area contributed by atoms with Gasteiger partial charge in [-0.05, 0) is 58.0 Å². The Morgan fingerprint density at radius 2 is 1.08 bits per heavy atom. The smallest absolute Gasteiger partial charge is 0.308 e. The number of unbranched alkanes of at least 4 members (excludes halogenated alkanes) is 14. The second-order valence-corrected chi connectivity index (χ2v) is 11.0. The van der Waals surface area contributed by atoms with Crippen molar-refractivity contribution in [3.05, 3.63) is 0 Å². The molecule has 0 aromatic rings. The zero-order valence-electron chi connectivity index (χ0n) is 25.3. The van der Waals surface area contributed by atoms with Gasteiger partial charge in [-0.15, -0.1) is 0 Å². The van der Waals surface area contributed by atoms with Crippen LogP contribution in [0.15, 0.2) is 0 Å². The lowest BCUT2D eigenvalue weighted by Crippen LogP contribution is -2.28. The van der Waals surface area contributed by atoms with Gasteiger partial charge in [0, 0.05) is 26.9 Å². The third-order valence-corrected chi connectivity index (χ3v) is 7.46. The standard InChI is InChI=1S/C32H65NO4/c1-4-6-8-10-11-17-24-31(23-16-9-7-5-2)32(35)37-30-21-15-13-19-26-33(27-22-28-34)25-18-12-14-20-29-36-3/h31,34H,4-30H2,1-3H3. The summed E-state index contributed by atoms with van der Waals surface area (Å²) < 4.78 is 10.9. The van der Waals surface area contributed by atoms with E-state index in [4.69, 9.17) is 9.47 Å². The van der Waals surface area contributed by atoms with Crippen LogP contribution in [0.2, 0.25) is 0 Å². The summed E-state index contributed by atoms with van der Waals surface area (Å²) in [5, 5.41) is 9.22. The van der Waals surface area contributed by atoms with Gasteiger partial charge in [0.05, 0.1) is 12.5 Å². The van der Waals surface area contributed by atoms with E-state index in [2.05, 4.69) is 18.7 Å². The lowest BCUT2D eigenvalue weighted by Gasteiger charge is -2.22. The number of nitrogens with zero attached hydrogens (tertiary/aromatic N) is 1. The highest BCUT2D eigenvalue weighted by Gasteiger charge is 2.19. The minimum Gasteiger partial charge on any atom is -0.465 e. The summed E-state index contributed by atoms with van der Waals surface area (Å²) in [6.45, 7) is 9.43. The molecule has 37 heavy (non-hydrogen) atoms. The summed E-state index contributed by atoms with van der Waals surface area (Å²) >= 11 is 0. The van der Waals surface area contributed by atoms with E-state index < -0.39 is 0 Å². The molecule has 5 heteroatoms. The topological polar surface area (TPSA) is 59.0 Å². The van der Waals surface area contributed by atoms with Crippen molar-refractivity contribution < 1.29 is 19.4 Å². The average Bonchev–Trinajstić information content (AvgIpc) is 2.91. The summed E-state index contributed by atoms with van der Waals surface area (Å²) in [6, 6.07) is 0. The van der Waals surface area contributed by atoms with E-state index >= 15 is 0 Å². The highest BCUT2D eigenvalue weighted by Crippen LogP contribution is 2.20. The molecule has 1 unspecified atom stereocenters. The van der Waals surface area contributed by atoms with Crippen LogP contribution in [0.3, 0.4) is 0 Å². The van der Waals surface area contributed by atoms with Gasteiger partial charge in [-0.1, -0.05) is 104 Å². The number of hydrogen-bond donors (Lipinski definition) is 1. The highest BCUT2D eigenvalue weighted by atomic mass is 16.5. The first-order valence-corrected chi connectivity index (χ1v) is 16.2. The van der Waals surface area contributed by atoms with Gasteiger partial charge in [0.25, 0.3) is 0 Å². The molecule has 0 fully saturated rings. The molecule has 0 radical (unpaired) electrons. The summed E-state index contributed by atoms with van der Waals surface area (Å²) in [4.78, 5) is 15.3. The largest absolute Gasteiger partial charge is 0.465 e. The number of hydrogen-bond acceptors (Lipinski definition) is 5. The predicted octanol–water partition coefficient (Wildman–Crippen LogP) is 8.32. The van der Waals surface area contributed by atoms with Crippen LogP contribution in [0.25, 0.3) is 0 Å².